The molecule has 0 saturated heterocycles. The first-order chi connectivity index (χ1) is 10.7. The van der Waals surface area contributed by atoms with Crippen LogP contribution in [0.3, 0.4) is 0 Å². The Morgan fingerprint density at radius 2 is 1.86 bits per heavy atom. The Hall–Kier alpha value is -3.08. The van der Waals surface area contributed by atoms with Gasteiger partial charge >= 0.3 is 0 Å². The molecule has 0 bridgehead atoms. The van der Waals surface area contributed by atoms with Gasteiger partial charge in [0.25, 0.3) is 5.56 Å². The van der Waals surface area contributed by atoms with E-state index >= 15 is 0 Å². The van der Waals surface area contributed by atoms with Crippen LogP contribution in [0.2, 0.25) is 0 Å². The summed E-state index contributed by atoms with van der Waals surface area (Å²) < 4.78 is 1.86. The molecule has 0 aliphatic heterocycles. The number of nitrogens with zero attached hydrogens (tertiary/aromatic N) is 2. The number of imidazole rings is 1. The van der Waals surface area contributed by atoms with Crippen LogP contribution in [0.1, 0.15) is 5.56 Å². The molecule has 4 rings (SSSR count). The van der Waals surface area contributed by atoms with Crippen LogP contribution in [0.25, 0.3) is 21.9 Å². The van der Waals surface area contributed by atoms with Gasteiger partial charge in [-0.3, -0.25) is 4.79 Å². The zero-order chi connectivity index (χ0) is 15.1. The second kappa shape index (κ2) is 4.73. The molecule has 3 N–H and O–H groups in total. The molecule has 2 aromatic heterocycles. The molecule has 0 aliphatic carbocycles. The maximum Gasteiger partial charge on any atom is 0.253 e. The van der Waals surface area contributed by atoms with E-state index in [1.54, 1.807) is 0 Å². The molecule has 2 heterocycles. The van der Waals surface area contributed by atoms with Gasteiger partial charge in [-0.05, 0) is 29.7 Å². The first kappa shape index (κ1) is 12.6. The van der Waals surface area contributed by atoms with Gasteiger partial charge in [0.05, 0.1) is 17.6 Å². The van der Waals surface area contributed by atoms with Gasteiger partial charge in [0.15, 0.2) is 0 Å². The molecule has 0 spiro atoms. The minimum Gasteiger partial charge on any atom is -0.369 e. The highest BCUT2D eigenvalue weighted by atomic mass is 16.1. The van der Waals surface area contributed by atoms with Crippen LogP contribution in [0.15, 0.2) is 59.4 Å². The smallest absolute Gasteiger partial charge is 0.253 e. The minimum atomic E-state index is -0.101. The minimum absolute atomic E-state index is 0.101. The maximum absolute atomic E-state index is 12.3. The fourth-order valence-electron chi connectivity index (χ4n) is 2.74. The normalized spacial score (nSPS) is 11.3. The molecule has 0 radical (unpaired) electrons. The molecule has 0 unspecified atom stereocenters. The van der Waals surface area contributed by atoms with Crippen LogP contribution in [-0.4, -0.2) is 14.5 Å². The summed E-state index contributed by atoms with van der Waals surface area (Å²) in [6, 6.07) is 17.3. The molecule has 0 atom stereocenters. The molecule has 108 valence electrons. The Balaban J connectivity index is 1.87. The van der Waals surface area contributed by atoms with Crippen LogP contribution < -0.4 is 11.3 Å². The van der Waals surface area contributed by atoms with E-state index in [1.807, 2.05) is 59.2 Å². The van der Waals surface area contributed by atoms with Gasteiger partial charge in [-0.15, -0.1) is 0 Å². The third kappa shape index (κ3) is 1.95. The highest BCUT2D eigenvalue weighted by Crippen LogP contribution is 2.19. The Bertz CT molecular complexity index is 1050. The number of aromatic nitrogens is 3. The monoisotopic (exact) mass is 290 g/mol. The number of benzene rings is 2. The summed E-state index contributed by atoms with van der Waals surface area (Å²) in [4.78, 5) is 19.5. The number of hydrogen-bond acceptors (Lipinski definition) is 3. The summed E-state index contributed by atoms with van der Waals surface area (Å²) in [6.45, 7) is 0.395. The molecular weight excluding hydrogens is 276 g/mol. The van der Waals surface area contributed by atoms with E-state index in [-0.39, 0.29) is 5.56 Å². The average molecular weight is 290 g/mol. The summed E-state index contributed by atoms with van der Waals surface area (Å²) in [5, 5.41) is 1.00. The number of nitrogens with two attached hydrogens (primary N) is 1. The first-order valence-corrected chi connectivity index (χ1v) is 7.04. The lowest BCUT2D eigenvalue weighted by Crippen LogP contribution is -2.16. The Kier molecular flexibility index (Phi) is 2.72. The molecule has 0 fully saturated rings. The van der Waals surface area contributed by atoms with Gasteiger partial charge in [0.1, 0.15) is 0 Å². The lowest BCUT2D eigenvalue weighted by atomic mass is 10.1. The molecule has 0 saturated carbocycles. The fourth-order valence-corrected chi connectivity index (χ4v) is 2.74. The SMILES string of the molecule is Nc1nc2ccccc2n1Cc1cc2ccccc2[nH]c1=O. The number of para-hydroxylation sites is 3. The van der Waals surface area contributed by atoms with Crippen molar-refractivity contribution in [3.63, 3.8) is 0 Å². The number of hydrogen-bond donors (Lipinski definition) is 2. The summed E-state index contributed by atoms with van der Waals surface area (Å²) in [5.41, 5.74) is 9.15. The van der Waals surface area contributed by atoms with Crippen molar-refractivity contribution in [2.75, 3.05) is 5.73 Å². The Morgan fingerprint density at radius 3 is 2.77 bits per heavy atom. The van der Waals surface area contributed by atoms with Gasteiger partial charge < -0.3 is 15.3 Å². The second-order valence-corrected chi connectivity index (χ2v) is 5.26. The van der Waals surface area contributed by atoms with E-state index in [0.29, 0.717) is 18.1 Å². The standard InChI is InChI=1S/C17H14N4O/c18-17-20-14-7-3-4-8-15(14)21(17)10-12-9-11-5-1-2-6-13(11)19-16(12)22/h1-9H,10H2,(H2,18,20)(H,19,22). The van der Waals surface area contributed by atoms with Crippen molar-refractivity contribution >= 4 is 27.9 Å². The molecule has 5 nitrogen and oxygen atoms in total. The van der Waals surface area contributed by atoms with E-state index in [1.165, 1.54) is 0 Å². The quantitative estimate of drug-likeness (QED) is 0.595. The zero-order valence-corrected chi connectivity index (χ0v) is 11.8. The van der Waals surface area contributed by atoms with E-state index < -0.39 is 0 Å². The number of H-pyrrole nitrogens is 1. The largest absolute Gasteiger partial charge is 0.369 e. The van der Waals surface area contributed by atoms with Crippen LogP contribution in [0.4, 0.5) is 5.95 Å². The number of fused-ring (bicyclic) bond motifs is 2. The zero-order valence-electron chi connectivity index (χ0n) is 11.8. The molecule has 4 aromatic rings. The summed E-state index contributed by atoms with van der Waals surface area (Å²) in [6.07, 6.45) is 0. The highest BCUT2D eigenvalue weighted by molar-refractivity contribution is 5.80. The lowest BCUT2D eigenvalue weighted by Gasteiger charge is -2.07. The predicted octanol–water partition coefficient (Wildman–Crippen LogP) is 2.51. The van der Waals surface area contributed by atoms with E-state index in [0.717, 1.165) is 21.9 Å². The summed E-state index contributed by atoms with van der Waals surface area (Å²) >= 11 is 0. The first-order valence-electron chi connectivity index (χ1n) is 7.04. The number of anilines is 1. The number of pyridine rings is 1. The van der Waals surface area contributed by atoms with Crippen LogP contribution in [0, 0.1) is 0 Å². The average Bonchev–Trinajstić information content (AvgIpc) is 2.84. The van der Waals surface area contributed by atoms with Gasteiger partial charge in [-0.25, -0.2) is 4.98 Å². The van der Waals surface area contributed by atoms with Gasteiger partial charge in [0.2, 0.25) is 5.95 Å². The number of rotatable bonds is 2. The summed E-state index contributed by atoms with van der Waals surface area (Å²) in [5.74, 6) is 0.411. The van der Waals surface area contributed by atoms with Crippen molar-refractivity contribution < 1.29 is 0 Å². The van der Waals surface area contributed by atoms with Gasteiger partial charge in [-0.2, -0.15) is 0 Å². The van der Waals surface area contributed by atoms with Crippen molar-refractivity contribution in [1.29, 1.82) is 0 Å². The van der Waals surface area contributed by atoms with Crippen molar-refractivity contribution in [2.45, 2.75) is 6.54 Å². The molecule has 2 aromatic carbocycles. The van der Waals surface area contributed by atoms with Crippen molar-refractivity contribution in [1.82, 2.24) is 14.5 Å². The number of nitrogens with one attached hydrogen (secondary N) is 1. The lowest BCUT2D eigenvalue weighted by molar-refractivity contribution is 0.827. The highest BCUT2D eigenvalue weighted by Gasteiger charge is 2.10. The molecular formula is C17H14N4O. The maximum atomic E-state index is 12.3. The number of aromatic amines is 1. The predicted molar refractivity (Wildman–Crippen MR) is 87.8 cm³/mol. The molecule has 0 amide bonds. The number of nitrogen functional groups attached to an aromatic ring is 1. The fraction of sp³-hybridized carbons (Fsp3) is 0.0588. The van der Waals surface area contributed by atoms with Crippen LogP contribution >= 0.6 is 0 Å². The van der Waals surface area contributed by atoms with Crippen LogP contribution in [-0.2, 0) is 6.54 Å². The Morgan fingerprint density at radius 1 is 1.09 bits per heavy atom. The van der Waals surface area contributed by atoms with Crippen molar-refractivity contribution in [3.05, 3.63) is 70.5 Å². The van der Waals surface area contributed by atoms with Crippen molar-refractivity contribution in [3.8, 4) is 0 Å². The second-order valence-electron chi connectivity index (χ2n) is 5.26. The summed E-state index contributed by atoms with van der Waals surface area (Å²) in [7, 11) is 0. The Labute approximate surface area is 126 Å². The van der Waals surface area contributed by atoms with E-state index in [2.05, 4.69) is 9.97 Å². The van der Waals surface area contributed by atoms with Crippen LogP contribution in [0.5, 0.6) is 0 Å². The van der Waals surface area contributed by atoms with E-state index in [9.17, 15) is 4.79 Å². The third-order valence-electron chi connectivity index (χ3n) is 3.84. The van der Waals surface area contributed by atoms with E-state index in [4.69, 9.17) is 5.73 Å². The molecule has 22 heavy (non-hydrogen) atoms. The van der Waals surface area contributed by atoms with Gasteiger partial charge in [-0.1, -0.05) is 30.3 Å². The topological polar surface area (TPSA) is 76.7 Å². The molecule has 0 aliphatic rings. The third-order valence-corrected chi connectivity index (χ3v) is 3.84. The van der Waals surface area contributed by atoms with Gasteiger partial charge in [0, 0.05) is 11.1 Å². The van der Waals surface area contributed by atoms with Crippen molar-refractivity contribution in [2.24, 2.45) is 0 Å². The molecule has 5 heteroatoms.